The Bertz CT molecular complexity index is 1510. The summed E-state index contributed by atoms with van der Waals surface area (Å²) in [5.74, 6) is 5.59. The average molecular weight is 486 g/mol. The van der Waals surface area contributed by atoms with E-state index >= 15 is 0 Å². The summed E-state index contributed by atoms with van der Waals surface area (Å²) >= 11 is 0. The topological polar surface area (TPSA) is 111 Å². The third-order valence-electron chi connectivity index (χ3n) is 5.12. The molecule has 0 aliphatic heterocycles. The van der Waals surface area contributed by atoms with E-state index in [2.05, 4.69) is 108 Å². The average Bonchev–Trinajstić information content (AvgIpc) is 3.26. The minimum atomic E-state index is -0.741. The van der Waals surface area contributed by atoms with E-state index in [1.807, 2.05) is 6.08 Å². The molecule has 0 atom stereocenters. The third-order valence-corrected chi connectivity index (χ3v) is 5.12. The van der Waals surface area contributed by atoms with E-state index in [9.17, 15) is 9.59 Å². The van der Waals surface area contributed by atoms with Crippen molar-refractivity contribution < 1.29 is 4.79 Å². The third kappa shape index (κ3) is 6.87. The van der Waals surface area contributed by atoms with Gasteiger partial charge >= 0.3 is 5.69 Å². The van der Waals surface area contributed by atoms with E-state index in [0.29, 0.717) is 0 Å². The van der Waals surface area contributed by atoms with Gasteiger partial charge in [0.05, 0.1) is 0 Å². The maximum absolute atomic E-state index is 11.4. The van der Waals surface area contributed by atoms with Crippen LogP contribution in [0.5, 0.6) is 0 Å². The Morgan fingerprint density at radius 3 is 2.61 bits per heavy atom. The Labute approximate surface area is 210 Å². The summed E-state index contributed by atoms with van der Waals surface area (Å²) in [6.07, 6.45) is 5.28. The zero-order valence-corrected chi connectivity index (χ0v) is 21.3. The van der Waals surface area contributed by atoms with Crippen LogP contribution in [0.3, 0.4) is 0 Å². The van der Waals surface area contributed by atoms with E-state index < -0.39 is 11.6 Å². The minimum absolute atomic E-state index is 0.0600. The Balaban J connectivity index is 0.000000221. The predicted octanol–water partition coefficient (Wildman–Crippen LogP) is 2.80. The lowest BCUT2D eigenvalue weighted by molar-refractivity contribution is 0.0997. The standard InChI is InChI=1S/C21H25N.C6H6N6O2/c1-21(2,3)15-8-5-9-16-22(4)17-19-13-10-12-18-11-6-7-14-20(18)19;1-11-6(14)12-2-8-3(4(7)13)5(12)9-10-11/h5-7,9-14H,16-17H2,1-4H3;2H,1H3,(H2,7,13)/b9-5+;. The van der Waals surface area contributed by atoms with Crippen LogP contribution in [-0.4, -0.2) is 48.8 Å². The zero-order valence-electron chi connectivity index (χ0n) is 21.3. The first kappa shape index (κ1) is 26.3. The molecule has 9 nitrogen and oxygen atoms in total. The van der Waals surface area contributed by atoms with Crippen molar-refractivity contribution in [1.82, 2.24) is 29.3 Å². The van der Waals surface area contributed by atoms with E-state index in [0.717, 1.165) is 22.2 Å². The van der Waals surface area contributed by atoms with Crippen molar-refractivity contribution in [2.75, 3.05) is 13.6 Å². The maximum atomic E-state index is 11.4. The van der Waals surface area contributed by atoms with Gasteiger partial charge in [0.2, 0.25) is 0 Å². The van der Waals surface area contributed by atoms with Gasteiger partial charge < -0.3 is 5.73 Å². The minimum Gasteiger partial charge on any atom is -0.364 e. The second-order valence-electron chi connectivity index (χ2n) is 9.40. The quantitative estimate of drug-likeness (QED) is 0.435. The van der Waals surface area contributed by atoms with Gasteiger partial charge in [-0.15, -0.1) is 5.10 Å². The number of hydrogen-bond donors (Lipinski definition) is 1. The Morgan fingerprint density at radius 2 is 1.89 bits per heavy atom. The summed E-state index contributed by atoms with van der Waals surface area (Å²) in [7, 11) is 3.59. The van der Waals surface area contributed by atoms with Gasteiger partial charge in [-0.3, -0.25) is 9.69 Å². The maximum Gasteiger partial charge on any atom is 0.352 e. The summed E-state index contributed by atoms with van der Waals surface area (Å²) in [5.41, 5.74) is 6.03. The first-order chi connectivity index (χ1) is 17.1. The van der Waals surface area contributed by atoms with Crippen molar-refractivity contribution in [3.63, 3.8) is 0 Å². The molecule has 2 aromatic heterocycles. The fraction of sp³-hybridized carbons (Fsp3) is 0.296. The number of imidazole rings is 1. The van der Waals surface area contributed by atoms with Crippen LogP contribution in [0, 0.1) is 17.3 Å². The number of amides is 1. The van der Waals surface area contributed by atoms with Crippen molar-refractivity contribution >= 4 is 22.3 Å². The highest BCUT2D eigenvalue weighted by atomic mass is 16.2. The second kappa shape index (κ2) is 11.4. The number of nitrogens with zero attached hydrogens (tertiary/aromatic N) is 6. The first-order valence-corrected chi connectivity index (χ1v) is 11.5. The number of fused-ring (bicyclic) bond motifs is 2. The Morgan fingerprint density at radius 1 is 1.17 bits per heavy atom. The number of aromatic nitrogens is 5. The molecule has 0 saturated heterocycles. The first-order valence-electron chi connectivity index (χ1n) is 11.5. The van der Waals surface area contributed by atoms with Crippen molar-refractivity contribution in [2.24, 2.45) is 18.2 Å². The van der Waals surface area contributed by atoms with Gasteiger partial charge in [0.1, 0.15) is 6.33 Å². The fourth-order valence-corrected chi connectivity index (χ4v) is 3.39. The molecule has 0 aliphatic carbocycles. The summed E-state index contributed by atoms with van der Waals surface area (Å²) < 4.78 is 2.13. The van der Waals surface area contributed by atoms with Crippen molar-refractivity contribution in [3.05, 3.63) is 82.7 Å². The predicted molar refractivity (Wildman–Crippen MR) is 141 cm³/mol. The number of primary amides is 1. The van der Waals surface area contributed by atoms with E-state index in [1.54, 1.807) is 0 Å². The summed E-state index contributed by atoms with van der Waals surface area (Å²) in [4.78, 5) is 28.2. The number of benzene rings is 2. The number of likely N-dealkylation sites (N-methyl/N-ethyl adjacent to an activating group) is 1. The Kier molecular flexibility index (Phi) is 8.35. The molecule has 1 amide bonds. The molecule has 2 heterocycles. The second-order valence-corrected chi connectivity index (χ2v) is 9.40. The monoisotopic (exact) mass is 485 g/mol. The highest BCUT2D eigenvalue weighted by molar-refractivity contribution is 5.96. The summed E-state index contributed by atoms with van der Waals surface area (Å²) in [6, 6.07) is 15.1. The number of nitrogens with two attached hydrogens (primary N) is 1. The molecule has 0 bridgehead atoms. The molecule has 0 unspecified atom stereocenters. The van der Waals surface area contributed by atoms with Crippen molar-refractivity contribution in [1.29, 1.82) is 0 Å². The molecule has 0 saturated carbocycles. The molecule has 4 rings (SSSR count). The molecule has 2 aromatic carbocycles. The molecule has 0 spiro atoms. The number of aryl methyl sites for hydroxylation is 1. The lowest BCUT2D eigenvalue weighted by atomic mass is 9.98. The van der Waals surface area contributed by atoms with E-state index in [-0.39, 0.29) is 16.8 Å². The SMILES string of the molecule is CN(C/C=C/C#CC(C)(C)C)Cc1cccc2ccccc12.Cn1nnc2c(C(N)=O)ncn2c1=O. The molecular formula is C27H31N7O2. The van der Waals surface area contributed by atoms with Gasteiger partial charge in [-0.1, -0.05) is 65.6 Å². The van der Waals surface area contributed by atoms with Crippen molar-refractivity contribution in [2.45, 2.75) is 27.3 Å². The van der Waals surface area contributed by atoms with Gasteiger partial charge in [-0.05, 0) is 50.2 Å². The van der Waals surface area contributed by atoms with E-state index in [4.69, 9.17) is 5.73 Å². The molecule has 9 heteroatoms. The number of hydrogen-bond acceptors (Lipinski definition) is 6. The van der Waals surface area contributed by atoms with Crippen LogP contribution in [0.2, 0.25) is 0 Å². The lowest BCUT2D eigenvalue weighted by Gasteiger charge is -2.15. The van der Waals surface area contributed by atoms with E-state index in [1.165, 1.54) is 29.7 Å². The van der Waals surface area contributed by atoms with Gasteiger partial charge in [0.25, 0.3) is 5.91 Å². The molecule has 4 aromatic rings. The van der Waals surface area contributed by atoms with Gasteiger partial charge in [-0.25, -0.2) is 14.2 Å². The zero-order chi connectivity index (χ0) is 26.3. The van der Waals surface area contributed by atoms with Gasteiger partial charge in [0.15, 0.2) is 11.3 Å². The summed E-state index contributed by atoms with van der Waals surface area (Å²) in [5, 5.41) is 9.79. The molecule has 2 N–H and O–H groups in total. The number of carbonyl (C=O) groups excluding carboxylic acids is 1. The summed E-state index contributed by atoms with van der Waals surface area (Å²) in [6.45, 7) is 8.22. The van der Waals surface area contributed by atoms with Crippen LogP contribution in [0.4, 0.5) is 0 Å². The largest absolute Gasteiger partial charge is 0.364 e. The van der Waals surface area contributed by atoms with Gasteiger partial charge in [0, 0.05) is 25.6 Å². The Hall–Kier alpha value is -4.29. The van der Waals surface area contributed by atoms with Gasteiger partial charge in [-0.2, -0.15) is 4.68 Å². The number of rotatable bonds is 5. The highest BCUT2D eigenvalue weighted by Gasteiger charge is 2.13. The van der Waals surface area contributed by atoms with Crippen LogP contribution < -0.4 is 11.4 Å². The molecule has 0 aliphatic rings. The molecule has 36 heavy (non-hydrogen) atoms. The molecule has 0 radical (unpaired) electrons. The van der Waals surface area contributed by atoms with Crippen LogP contribution in [0.1, 0.15) is 36.8 Å². The van der Waals surface area contributed by atoms with Crippen LogP contribution in [-0.2, 0) is 13.6 Å². The molecule has 186 valence electrons. The smallest absolute Gasteiger partial charge is 0.352 e. The fourth-order valence-electron chi connectivity index (χ4n) is 3.39. The van der Waals surface area contributed by atoms with Crippen LogP contribution >= 0.6 is 0 Å². The molecule has 0 fully saturated rings. The van der Waals surface area contributed by atoms with Crippen molar-refractivity contribution in [3.8, 4) is 11.8 Å². The number of allylic oxidation sites excluding steroid dienone is 1. The molecular weight excluding hydrogens is 454 g/mol. The van der Waals surface area contributed by atoms with Crippen LogP contribution in [0.15, 0.2) is 65.7 Å². The number of carbonyl (C=O) groups is 1. The van der Waals surface area contributed by atoms with Crippen LogP contribution in [0.25, 0.3) is 16.4 Å². The normalized spacial score (nSPS) is 11.4. The highest BCUT2D eigenvalue weighted by Crippen LogP contribution is 2.19. The lowest BCUT2D eigenvalue weighted by Crippen LogP contribution is -2.27.